The van der Waals surface area contributed by atoms with Crippen LogP contribution < -0.4 is 10.1 Å². The van der Waals surface area contributed by atoms with Gasteiger partial charge in [0.05, 0.1) is 35.1 Å². The van der Waals surface area contributed by atoms with Crippen molar-refractivity contribution in [2.45, 2.75) is 27.7 Å². The van der Waals surface area contributed by atoms with Crippen LogP contribution in [0.25, 0.3) is 22.4 Å². The van der Waals surface area contributed by atoms with Crippen LogP contribution in [-0.4, -0.2) is 23.2 Å². The Balaban J connectivity index is 1.84. The summed E-state index contributed by atoms with van der Waals surface area (Å²) in [5.41, 5.74) is 4.32. The van der Waals surface area contributed by atoms with Crippen molar-refractivity contribution in [2.75, 3.05) is 12.4 Å². The van der Waals surface area contributed by atoms with E-state index in [1.54, 1.807) is 20.1 Å². The average Bonchev–Trinajstić information content (AvgIpc) is 3.22. The molecule has 0 fully saturated rings. The number of benzene rings is 1. The van der Waals surface area contributed by atoms with Gasteiger partial charge >= 0.3 is 0 Å². The van der Waals surface area contributed by atoms with Gasteiger partial charge in [0, 0.05) is 5.56 Å². The molecule has 4 aromatic rings. The molecule has 7 heteroatoms. The standard InChI is InChI=1S/C22H21N3O4/c1-11-6-7-19(27-5)18(8-11)23-21(26)16-10-17(15-9-12(2)28-14(15)4)24-22-20(16)13(3)25-29-22/h6-10H,1-5H3,(H,23,26). The number of carbonyl (C=O) groups excluding carboxylic acids is 1. The Hall–Kier alpha value is -3.61. The fourth-order valence-corrected chi connectivity index (χ4v) is 3.41. The third-order valence-electron chi connectivity index (χ3n) is 4.78. The lowest BCUT2D eigenvalue weighted by molar-refractivity contribution is 0.102. The van der Waals surface area contributed by atoms with E-state index in [-0.39, 0.29) is 5.91 Å². The number of hydrogen-bond acceptors (Lipinski definition) is 6. The highest BCUT2D eigenvalue weighted by molar-refractivity contribution is 6.13. The number of nitrogens with one attached hydrogen (secondary N) is 1. The molecule has 0 radical (unpaired) electrons. The molecule has 0 saturated heterocycles. The molecule has 29 heavy (non-hydrogen) atoms. The molecule has 0 bridgehead atoms. The van der Waals surface area contributed by atoms with E-state index in [0.29, 0.717) is 39.5 Å². The van der Waals surface area contributed by atoms with E-state index in [0.717, 1.165) is 22.6 Å². The average molecular weight is 391 g/mol. The van der Waals surface area contributed by atoms with Gasteiger partial charge in [0.25, 0.3) is 11.6 Å². The number of pyridine rings is 1. The maximum Gasteiger partial charge on any atom is 0.259 e. The Morgan fingerprint density at radius 2 is 1.90 bits per heavy atom. The van der Waals surface area contributed by atoms with Crippen molar-refractivity contribution < 1.29 is 18.5 Å². The molecule has 3 aromatic heterocycles. The van der Waals surface area contributed by atoms with E-state index < -0.39 is 0 Å². The normalized spacial score (nSPS) is 11.1. The molecule has 3 heterocycles. The van der Waals surface area contributed by atoms with Crippen LogP contribution in [0.5, 0.6) is 5.75 Å². The first-order chi connectivity index (χ1) is 13.9. The van der Waals surface area contributed by atoms with Crippen molar-refractivity contribution in [3.63, 3.8) is 0 Å². The van der Waals surface area contributed by atoms with Gasteiger partial charge in [0.2, 0.25) is 0 Å². The molecule has 0 aliphatic heterocycles. The largest absolute Gasteiger partial charge is 0.495 e. The maximum atomic E-state index is 13.2. The van der Waals surface area contributed by atoms with Crippen LogP contribution >= 0.6 is 0 Å². The number of aryl methyl sites for hydroxylation is 4. The maximum absolute atomic E-state index is 13.2. The Labute approximate surface area is 167 Å². The molecule has 148 valence electrons. The summed E-state index contributed by atoms with van der Waals surface area (Å²) in [6.45, 7) is 7.46. The molecule has 7 nitrogen and oxygen atoms in total. The first-order valence-electron chi connectivity index (χ1n) is 9.17. The molecule has 0 saturated carbocycles. The minimum absolute atomic E-state index is 0.299. The minimum Gasteiger partial charge on any atom is -0.495 e. The number of anilines is 1. The molecule has 1 aromatic carbocycles. The van der Waals surface area contributed by atoms with E-state index >= 15 is 0 Å². The lowest BCUT2D eigenvalue weighted by atomic mass is 10.0. The smallest absolute Gasteiger partial charge is 0.259 e. The number of methoxy groups -OCH3 is 1. The fourth-order valence-electron chi connectivity index (χ4n) is 3.41. The van der Waals surface area contributed by atoms with Crippen molar-refractivity contribution in [3.05, 3.63) is 58.7 Å². The summed E-state index contributed by atoms with van der Waals surface area (Å²) in [6, 6.07) is 9.23. The van der Waals surface area contributed by atoms with Gasteiger partial charge in [-0.3, -0.25) is 4.79 Å². The van der Waals surface area contributed by atoms with Crippen molar-refractivity contribution in [1.29, 1.82) is 0 Å². The van der Waals surface area contributed by atoms with E-state index in [9.17, 15) is 4.79 Å². The third kappa shape index (κ3) is 3.35. The minimum atomic E-state index is -0.299. The lowest BCUT2D eigenvalue weighted by Gasteiger charge is -2.12. The second-order valence-corrected chi connectivity index (χ2v) is 6.99. The number of carbonyl (C=O) groups is 1. The Kier molecular flexibility index (Phi) is 4.58. The van der Waals surface area contributed by atoms with Crippen LogP contribution in [0.1, 0.15) is 33.1 Å². The quantitative estimate of drug-likeness (QED) is 0.528. The summed E-state index contributed by atoms with van der Waals surface area (Å²) in [4.78, 5) is 17.8. The number of nitrogens with zero attached hydrogens (tertiary/aromatic N) is 2. The SMILES string of the molecule is COc1ccc(C)cc1NC(=O)c1cc(-c2cc(C)oc2C)nc2onc(C)c12. The Morgan fingerprint density at radius 3 is 2.59 bits per heavy atom. The molecule has 0 spiro atoms. The topological polar surface area (TPSA) is 90.4 Å². The van der Waals surface area contributed by atoms with Crippen LogP contribution in [0.3, 0.4) is 0 Å². The van der Waals surface area contributed by atoms with Gasteiger partial charge in [-0.05, 0) is 57.5 Å². The number of furan rings is 1. The fraction of sp³-hybridized carbons (Fsp3) is 0.227. The summed E-state index contributed by atoms with van der Waals surface area (Å²) in [5, 5.41) is 7.51. The van der Waals surface area contributed by atoms with Crippen LogP contribution in [0.2, 0.25) is 0 Å². The Bertz CT molecular complexity index is 1240. The first-order valence-corrected chi connectivity index (χ1v) is 9.17. The predicted octanol–water partition coefficient (Wildman–Crippen LogP) is 4.98. The highest BCUT2D eigenvalue weighted by atomic mass is 16.5. The summed E-state index contributed by atoms with van der Waals surface area (Å²) in [6.07, 6.45) is 0. The molecule has 0 aliphatic carbocycles. The summed E-state index contributed by atoms with van der Waals surface area (Å²) in [5.74, 6) is 1.77. The van der Waals surface area contributed by atoms with Crippen molar-refractivity contribution in [2.24, 2.45) is 0 Å². The van der Waals surface area contributed by atoms with Gasteiger partial charge in [-0.1, -0.05) is 11.2 Å². The number of ether oxygens (including phenoxy) is 1. The zero-order chi connectivity index (χ0) is 20.7. The van der Waals surface area contributed by atoms with Gasteiger partial charge < -0.3 is 19.0 Å². The van der Waals surface area contributed by atoms with Crippen molar-refractivity contribution in [1.82, 2.24) is 10.1 Å². The summed E-state index contributed by atoms with van der Waals surface area (Å²) in [7, 11) is 1.57. The molecular formula is C22H21N3O4. The number of aromatic nitrogens is 2. The molecule has 1 amide bonds. The monoisotopic (exact) mass is 391 g/mol. The van der Waals surface area contributed by atoms with Crippen molar-refractivity contribution in [3.8, 4) is 17.0 Å². The van der Waals surface area contributed by atoms with E-state index in [4.69, 9.17) is 13.7 Å². The summed E-state index contributed by atoms with van der Waals surface area (Å²) < 4.78 is 16.4. The van der Waals surface area contributed by atoms with E-state index in [1.807, 2.05) is 45.0 Å². The second kappa shape index (κ2) is 7.09. The lowest BCUT2D eigenvalue weighted by Crippen LogP contribution is -2.14. The van der Waals surface area contributed by atoms with Crippen LogP contribution in [0, 0.1) is 27.7 Å². The van der Waals surface area contributed by atoms with E-state index in [2.05, 4.69) is 15.5 Å². The van der Waals surface area contributed by atoms with Gasteiger partial charge in [-0.25, -0.2) is 4.98 Å². The van der Waals surface area contributed by atoms with E-state index in [1.165, 1.54) is 0 Å². The summed E-state index contributed by atoms with van der Waals surface area (Å²) >= 11 is 0. The Morgan fingerprint density at radius 1 is 1.10 bits per heavy atom. The van der Waals surface area contributed by atoms with Gasteiger partial charge in [0.1, 0.15) is 17.3 Å². The zero-order valence-corrected chi connectivity index (χ0v) is 16.9. The van der Waals surface area contributed by atoms with Gasteiger partial charge in [0.15, 0.2) is 0 Å². The molecule has 0 atom stereocenters. The second-order valence-electron chi connectivity index (χ2n) is 6.99. The van der Waals surface area contributed by atoms with Gasteiger partial charge in [-0.2, -0.15) is 0 Å². The van der Waals surface area contributed by atoms with Gasteiger partial charge in [-0.15, -0.1) is 0 Å². The molecular weight excluding hydrogens is 370 g/mol. The van der Waals surface area contributed by atoms with Crippen molar-refractivity contribution >= 4 is 22.7 Å². The number of rotatable bonds is 4. The molecule has 1 N–H and O–H groups in total. The third-order valence-corrected chi connectivity index (χ3v) is 4.78. The molecule has 4 rings (SSSR count). The molecule has 0 unspecified atom stereocenters. The predicted molar refractivity (Wildman–Crippen MR) is 109 cm³/mol. The first kappa shape index (κ1) is 18.7. The number of hydrogen-bond donors (Lipinski definition) is 1. The highest BCUT2D eigenvalue weighted by Gasteiger charge is 2.22. The highest BCUT2D eigenvalue weighted by Crippen LogP contribution is 2.32. The van der Waals surface area contributed by atoms with Crippen LogP contribution in [0.15, 0.2) is 39.3 Å². The number of amides is 1. The molecule has 0 aliphatic rings. The van der Waals surface area contributed by atoms with Crippen LogP contribution in [0.4, 0.5) is 5.69 Å². The number of fused-ring (bicyclic) bond motifs is 1. The van der Waals surface area contributed by atoms with Crippen LogP contribution in [-0.2, 0) is 0 Å². The zero-order valence-electron chi connectivity index (χ0n) is 16.9.